The standard InChI is InChI=1S/C33H34O14/c34-16-21-23(35)24(36)25(37)33(44-21)47-27-26(45-30(39)19-12-6-2-7-13-19)22(17-42-29(38)18-10-4-1-5-11-18)43-32(41)28(27)46-31(40)20-14-8-3-9-15-20/h1-15,21-28,32-37,41H,16-17H2/t21-,22-,23-,24+,25+,26-,27+,28+,32-,33-/m1/s1. The van der Waals surface area contributed by atoms with Crippen LogP contribution in [0, 0.1) is 0 Å². The van der Waals surface area contributed by atoms with Crippen molar-refractivity contribution in [2.45, 2.75) is 61.4 Å². The normalized spacial score (nSPS) is 30.6. The molecule has 2 fully saturated rings. The van der Waals surface area contributed by atoms with Crippen LogP contribution in [0.1, 0.15) is 31.1 Å². The number of hydrogen-bond donors (Lipinski definition) is 5. The van der Waals surface area contributed by atoms with Gasteiger partial charge in [-0.25, -0.2) is 14.4 Å². The molecule has 5 N–H and O–H groups in total. The van der Waals surface area contributed by atoms with Crippen LogP contribution in [0.2, 0.25) is 0 Å². The van der Waals surface area contributed by atoms with E-state index in [0.717, 1.165) is 0 Å². The summed E-state index contributed by atoms with van der Waals surface area (Å²) in [7, 11) is 0. The van der Waals surface area contributed by atoms with E-state index in [-0.39, 0.29) is 16.7 Å². The van der Waals surface area contributed by atoms with Crippen LogP contribution in [0.15, 0.2) is 91.0 Å². The molecule has 5 rings (SSSR count). The summed E-state index contributed by atoms with van der Waals surface area (Å²) in [4.78, 5) is 39.3. The van der Waals surface area contributed by atoms with Crippen LogP contribution in [0.3, 0.4) is 0 Å². The highest BCUT2D eigenvalue weighted by Gasteiger charge is 2.54. The Hall–Kier alpha value is -4.25. The van der Waals surface area contributed by atoms with E-state index in [0.29, 0.717) is 0 Å². The molecule has 3 aromatic carbocycles. The van der Waals surface area contributed by atoms with E-state index in [1.165, 1.54) is 36.4 Å². The van der Waals surface area contributed by atoms with E-state index in [9.17, 15) is 39.9 Å². The topological polar surface area (TPSA) is 208 Å². The third-order valence-electron chi connectivity index (χ3n) is 7.64. The summed E-state index contributed by atoms with van der Waals surface area (Å²) >= 11 is 0. The summed E-state index contributed by atoms with van der Waals surface area (Å²) < 4.78 is 34.1. The van der Waals surface area contributed by atoms with Crippen LogP contribution in [-0.4, -0.2) is 118 Å². The zero-order valence-corrected chi connectivity index (χ0v) is 24.8. The third-order valence-corrected chi connectivity index (χ3v) is 7.64. The number of carbonyl (C=O) groups excluding carboxylic acids is 3. The van der Waals surface area contributed by atoms with Crippen molar-refractivity contribution in [3.8, 4) is 0 Å². The minimum absolute atomic E-state index is 0.0861. The predicted molar refractivity (Wildman–Crippen MR) is 158 cm³/mol. The molecular formula is C33H34O14. The van der Waals surface area contributed by atoms with Gasteiger partial charge in [-0.1, -0.05) is 54.6 Å². The van der Waals surface area contributed by atoms with Crippen LogP contribution in [0.5, 0.6) is 0 Å². The molecule has 47 heavy (non-hydrogen) atoms. The second-order valence-electron chi connectivity index (χ2n) is 10.8. The number of ether oxygens (including phenoxy) is 6. The Kier molecular flexibility index (Phi) is 11.3. The molecule has 0 amide bonds. The number of aliphatic hydroxyl groups excluding tert-OH is 5. The summed E-state index contributed by atoms with van der Waals surface area (Å²) in [5.41, 5.74) is 0.386. The fourth-order valence-corrected chi connectivity index (χ4v) is 5.13. The van der Waals surface area contributed by atoms with Crippen LogP contribution in [0.25, 0.3) is 0 Å². The van der Waals surface area contributed by atoms with Gasteiger partial charge in [0.25, 0.3) is 0 Å². The lowest BCUT2D eigenvalue weighted by atomic mass is 9.96. The quantitative estimate of drug-likeness (QED) is 0.146. The molecule has 2 aliphatic rings. The van der Waals surface area contributed by atoms with Gasteiger partial charge in [-0.05, 0) is 36.4 Å². The van der Waals surface area contributed by atoms with Gasteiger partial charge in [-0.3, -0.25) is 0 Å². The highest BCUT2D eigenvalue weighted by Crippen LogP contribution is 2.33. The van der Waals surface area contributed by atoms with Crippen molar-refractivity contribution < 1.29 is 68.3 Å². The summed E-state index contributed by atoms with van der Waals surface area (Å²) in [6.45, 7) is -1.37. The van der Waals surface area contributed by atoms with Crippen molar-refractivity contribution in [1.82, 2.24) is 0 Å². The van der Waals surface area contributed by atoms with Gasteiger partial charge < -0.3 is 54.0 Å². The molecule has 0 spiro atoms. The van der Waals surface area contributed by atoms with E-state index >= 15 is 0 Å². The fraction of sp³-hybridized carbons (Fsp3) is 0.364. The molecule has 0 saturated carbocycles. The van der Waals surface area contributed by atoms with E-state index in [1.54, 1.807) is 54.6 Å². The lowest BCUT2D eigenvalue weighted by Gasteiger charge is -2.46. The maximum absolute atomic E-state index is 13.3. The molecule has 2 heterocycles. The molecule has 0 unspecified atom stereocenters. The largest absolute Gasteiger partial charge is 0.459 e. The first-order valence-corrected chi connectivity index (χ1v) is 14.7. The smallest absolute Gasteiger partial charge is 0.338 e. The molecule has 0 bridgehead atoms. The van der Waals surface area contributed by atoms with Crippen molar-refractivity contribution in [3.63, 3.8) is 0 Å². The van der Waals surface area contributed by atoms with Crippen LogP contribution in [-0.2, 0) is 28.4 Å². The maximum Gasteiger partial charge on any atom is 0.338 e. The average Bonchev–Trinajstić information content (AvgIpc) is 3.10. The van der Waals surface area contributed by atoms with E-state index in [2.05, 4.69) is 0 Å². The molecule has 0 aliphatic carbocycles. The van der Waals surface area contributed by atoms with Crippen LogP contribution in [0.4, 0.5) is 0 Å². The van der Waals surface area contributed by atoms with Gasteiger partial charge in [0.15, 0.2) is 24.8 Å². The molecule has 14 nitrogen and oxygen atoms in total. The molecule has 0 radical (unpaired) electrons. The highest BCUT2D eigenvalue weighted by molar-refractivity contribution is 5.90. The fourth-order valence-electron chi connectivity index (χ4n) is 5.13. The van der Waals surface area contributed by atoms with Crippen molar-refractivity contribution in [2.75, 3.05) is 13.2 Å². The maximum atomic E-state index is 13.3. The predicted octanol–water partition coefficient (Wildman–Crippen LogP) is 0.197. The summed E-state index contributed by atoms with van der Waals surface area (Å²) in [6.07, 6.45) is -17.2. The van der Waals surface area contributed by atoms with Gasteiger partial charge in [-0.15, -0.1) is 0 Å². The monoisotopic (exact) mass is 654 g/mol. The SMILES string of the molecule is O=C(OC[C@H]1O[C@@H](O)[C@@H](OC(=O)c2ccccc2)[C@@H](O[C@H]2O[C@H](CO)[C@@H](O)[C@H](O)[C@@H]2O)[C@@H]1OC(=O)c1ccccc1)c1ccccc1. The molecule has 0 aromatic heterocycles. The minimum Gasteiger partial charge on any atom is -0.459 e. The zero-order chi connectivity index (χ0) is 33.5. The number of esters is 3. The lowest BCUT2D eigenvalue weighted by molar-refractivity contribution is -0.354. The van der Waals surface area contributed by atoms with Crippen LogP contribution < -0.4 is 0 Å². The second kappa shape index (κ2) is 15.6. The Morgan fingerprint density at radius 3 is 1.57 bits per heavy atom. The minimum atomic E-state index is -1.97. The van der Waals surface area contributed by atoms with Crippen molar-refractivity contribution in [3.05, 3.63) is 108 Å². The number of aliphatic hydroxyl groups is 5. The van der Waals surface area contributed by atoms with Gasteiger partial charge in [0, 0.05) is 0 Å². The molecule has 3 aromatic rings. The first-order chi connectivity index (χ1) is 22.7. The molecular weight excluding hydrogens is 620 g/mol. The molecule has 2 aliphatic heterocycles. The summed E-state index contributed by atoms with van der Waals surface area (Å²) in [5.74, 6) is -2.59. The van der Waals surface area contributed by atoms with Gasteiger partial charge in [0.05, 0.1) is 23.3 Å². The average molecular weight is 655 g/mol. The highest BCUT2D eigenvalue weighted by atomic mass is 16.7. The Morgan fingerprint density at radius 1 is 0.574 bits per heavy atom. The second-order valence-corrected chi connectivity index (χ2v) is 10.8. The Labute approximate surface area is 268 Å². The van der Waals surface area contributed by atoms with Gasteiger partial charge in [0.1, 0.15) is 43.2 Å². The van der Waals surface area contributed by atoms with Crippen molar-refractivity contribution in [2.24, 2.45) is 0 Å². The van der Waals surface area contributed by atoms with Crippen LogP contribution >= 0.6 is 0 Å². The molecule has 10 atom stereocenters. The van der Waals surface area contributed by atoms with Crippen molar-refractivity contribution >= 4 is 17.9 Å². The van der Waals surface area contributed by atoms with Crippen molar-refractivity contribution in [1.29, 1.82) is 0 Å². The number of rotatable bonds is 10. The van der Waals surface area contributed by atoms with Gasteiger partial charge in [0.2, 0.25) is 0 Å². The molecule has 250 valence electrons. The summed E-state index contributed by atoms with van der Waals surface area (Å²) in [5, 5.41) is 52.3. The lowest BCUT2D eigenvalue weighted by Crippen LogP contribution is -2.66. The van der Waals surface area contributed by atoms with E-state index in [1.807, 2.05) is 0 Å². The summed E-state index contributed by atoms with van der Waals surface area (Å²) in [6, 6.07) is 23.5. The molecule has 2 saturated heterocycles. The van der Waals surface area contributed by atoms with Gasteiger partial charge >= 0.3 is 17.9 Å². The van der Waals surface area contributed by atoms with E-state index in [4.69, 9.17) is 28.4 Å². The Morgan fingerprint density at radius 2 is 1.06 bits per heavy atom. The first kappa shape index (κ1) is 34.1. The first-order valence-electron chi connectivity index (χ1n) is 14.7. The Balaban J connectivity index is 1.49. The number of hydrogen-bond acceptors (Lipinski definition) is 14. The number of benzene rings is 3. The third kappa shape index (κ3) is 8.01. The number of carbonyl (C=O) groups is 3. The Bertz CT molecular complexity index is 1470. The molecule has 14 heteroatoms. The van der Waals surface area contributed by atoms with E-state index < -0.39 is 92.5 Å². The zero-order valence-electron chi connectivity index (χ0n) is 24.8. The van der Waals surface area contributed by atoms with Gasteiger partial charge in [-0.2, -0.15) is 0 Å².